The predicted molar refractivity (Wildman–Crippen MR) is 72.0 cm³/mol. The highest BCUT2D eigenvalue weighted by atomic mass is 16.7. The molecule has 2 aromatic rings. The SMILES string of the molecule is Cc1nc(NN)c(C)c(Oc2ccc3c(c2)OCO3)n1. The van der Waals surface area contributed by atoms with Gasteiger partial charge in [0.15, 0.2) is 11.5 Å². The summed E-state index contributed by atoms with van der Waals surface area (Å²) in [7, 11) is 0. The molecular weight excluding hydrogens is 260 g/mol. The summed E-state index contributed by atoms with van der Waals surface area (Å²) in [6.45, 7) is 3.83. The molecule has 1 aliphatic rings. The fraction of sp³-hybridized carbons (Fsp3) is 0.231. The third kappa shape index (κ3) is 2.19. The lowest BCUT2D eigenvalue weighted by molar-refractivity contribution is 0.174. The standard InChI is InChI=1S/C13H14N4O3/c1-7-12(17-14)15-8(2)16-13(7)20-9-3-4-10-11(5-9)19-6-18-10/h3-5H,6,14H2,1-2H3,(H,15,16,17). The summed E-state index contributed by atoms with van der Waals surface area (Å²) in [6, 6.07) is 5.35. The molecule has 0 fully saturated rings. The van der Waals surface area contributed by atoms with Gasteiger partial charge < -0.3 is 19.6 Å². The molecule has 0 bridgehead atoms. The van der Waals surface area contributed by atoms with Crippen LogP contribution >= 0.6 is 0 Å². The minimum absolute atomic E-state index is 0.228. The van der Waals surface area contributed by atoms with E-state index in [1.807, 2.05) is 6.92 Å². The minimum Gasteiger partial charge on any atom is -0.454 e. The average Bonchev–Trinajstić information content (AvgIpc) is 2.90. The number of nitrogen functional groups attached to an aromatic ring is 1. The fourth-order valence-electron chi connectivity index (χ4n) is 1.89. The topological polar surface area (TPSA) is 91.5 Å². The van der Waals surface area contributed by atoms with Crippen molar-refractivity contribution in [3.8, 4) is 23.1 Å². The van der Waals surface area contributed by atoms with Crippen LogP contribution in [-0.4, -0.2) is 16.8 Å². The molecule has 0 radical (unpaired) electrons. The Hall–Kier alpha value is -2.54. The first-order valence-corrected chi connectivity index (χ1v) is 6.06. The molecule has 1 aliphatic heterocycles. The number of ether oxygens (including phenoxy) is 3. The molecule has 0 atom stereocenters. The smallest absolute Gasteiger partial charge is 0.231 e. The van der Waals surface area contributed by atoms with Crippen molar-refractivity contribution in [2.45, 2.75) is 13.8 Å². The quantitative estimate of drug-likeness (QED) is 0.652. The number of rotatable bonds is 3. The molecule has 0 unspecified atom stereocenters. The van der Waals surface area contributed by atoms with Crippen LogP contribution in [0.4, 0.5) is 5.82 Å². The molecule has 7 heteroatoms. The van der Waals surface area contributed by atoms with Crippen molar-refractivity contribution in [1.29, 1.82) is 0 Å². The van der Waals surface area contributed by atoms with Gasteiger partial charge in [0, 0.05) is 6.07 Å². The first-order valence-electron chi connectivity index (χ1n) is 6.06. The Morgan fingerprint density at radius 2 is 2.00 bits per heavy atom. The number of hydrazine groups is 1. The highest BCUT2D eigenvalue weighted by Crippen LogP contribution is 2.37. The summed E-state index contributed by atoms with van der Waals surface area (Å²) >= 11 is 0. The van der Waals surface area contributed by atoms with E-state index in [2.05, 4.69) is 15.4 Å². The van der Waals surface area contributed by atoms with Gasteiger partial charge in [0.2, 0.25) is 12.7 Å². The minimum atomic E-state index is 0.228. The molecular formula is C13H14N4O3. The Morgan fingerprint density at radius 1 is 1.20 bits per heavy atom. The van der Waals surface area contributed by atoms with Gasteiger partial charge in [-0.25, -0.2) is 10.8 Å². The number of nitrogens with one attached hydrogen (secondary N) is 1. The molecule has 0 amide bonds. The van der Waals surface area contributed by atoms with Crippen molar-refractivity contribution >= 4 is 5.82 Å². The summed E-state index contributed by atoms with van der Waals surface area (Å²) in [6.07, 6.45) is 0. The van der Waals surface area contributed by atoms with E-state index in [0.29, 0.717) is 34.8 Å². The molecule has 1 aromatic carbocycles. The van der Waals surface area contributed by atoms with Crippen LogP contribution in [-0.2, 0) is 0 Å². The number of hydrogen-bond acceptors (Lipinski definition) is 7. The molecule has 7 nitrogen and oxygen atoms in total. The van der Waals surface area contributed by atoms with Crippen LogP contribution < -0.4 is 25.5 Å². The highest BCUT2D eigenvalue weighted by Gasteiger charge is 2.16. The summed E-state index contributed by atoms with van der Waals surface area (Å²) in [4.78, 5) is 8.45. The summed E-state index contributed by atoms with van der Waals surface area (Å²) in [5, 5.41) is 0. The molecule has 0 saturated heterocycles. The van der Waals surface area contributed by atoms with Crippen molar-refractivity contribution in [3.63, 3.8) is 0 Å². The third-order valence-corrected chi connectivity index (χ3v) is 2.91. The lowest BCUT2D eigenvalue weighted by atomic mass is 10.3. The van der Waals surface area contributed by atoms with Gasteiger partial charge in [-0.3, -0.25) is 0 Å². The molecule has 104 valence electrons. The molecule has 0 spiro atoms. The molecule has 0 aliphatic carbocycles. The number of aromatic nitrogens is 2. The number of aryl methyl sites for hydroxylation is 1. The molecule has 1 aromatic heterocycles. The Balaban J connectivity index is 1.93. The van der Waals surface area contributed by atoms with Crippen molar-refractivity contribution in [2.75, 3.05) is 12.2 Å². The Morgan fingerprint density at radius 3 is 2.80 bits per heavy atom. The van der Waals surface area contributed by atoms with E-state index in [4.69, 9.17) is 20.1 Å². The van der Waals surface area contributed by atoms with Gasteiger partial charge in [-0.05, 0) is 26.0 Å². The number of nitrogens with zero attached hydrogens (tertiary/aromatic N) is 2. The summed E-state index contributed by atoms with van der Waals surface area (Å²) in [5.74, 6) is 8.95. The van der Waals surface area contributed by atoms with Crippen molar-refractivity contribution in [1.82, 2.24) is 9.97 Å². The normalized spacial score (nSPS) is 12.3. The van der Waals surface area contributed by atoms with Crippen LogP contribution in [0.5, 0.6) is 23.1 Å². The Bertz CT molecular complexity index is 660. The van der Waals surface area contributed by atoms with E-state index in [1.54, 1.807) is 25.1 Å². The lowest BCUT2D eigenvalue weighted by Gasteiger charge is -2.11. The molecule has 20 heavy (non-hydrogen) atoms. The number of anilines is 1. The zero-order valence-electron chi connectivity index (χ0n) is 11.1. The zero-order chi connectivity index (χ0) is 14.1. The van der Waals surface area contributed by atoms with Gasteiger partial charge in [-0.1, -0.05) is 0 Å². The monoisotopic (exact) mass is 274 g/mol. The van der Waals surface area contributed by atoms with E-state index in [-0.39, 0.29) is 6.79 Å². The number of hydrogen-bond donors (Lipinski definition) is 2. The highest BCUT2D eigenvalue weighted by molar-refractivity contribution is 5.51. The maximum atomic E-state index is 5.78. The number of fused-ring (bicyclic) bond motifs is 1. The van der Waals surface area contributed by atoms with E-state index in [1.165, 1.54) is 0 Å². The molecule has 3 rings (SSSR count). The van der Waals surface area contributed by atoms with E-state index >= 15 is 0 Å². The first-order chi connectivity index (χ1) is 9.67. The van der Waals surface area contributed by atoms with Crippen LogP contribution in [0.1, 0.15) is 11.4 Å². The van der Waals surface area contributed by atoms with Crippen LogP contribution in [0.15, 0.2) is 18.2 Å². The van der Waals surface area contributed by atoms with Crippen LogP contribution in [0, 0.1) is 13.8 Å². The summed E-state index contributed by atoms with van der Waals surface area (Å²) in [5.41, 5.74) is 3.26. The predicted octanol–water partition coefficient (Wildman–Crippen LogP) is 1.90. The second kappa shape index (κ2) is 4.86. The number of benzene rings is 1. The van der Waals surface area contributed by atoms with Gasteiger partial charge in [0.05, 0.1) is 5.56 Å². The van der Waals surface area contributed by atoms with Gasteiger partial charge in [0.1, 0.15) is 17.4 Å². The van der Waals surface area contributed by atoms with Crippen molar-refractivity contribution in [3.05, 3.63) is 29.6 Å². The van der Waals surface area contributed by atoms with E-state index < -0.39 is 0 Å². The van der Waals surface area contributed by atoms with Gasteiger partial charge in [0.25, 0.3) is 0 Å². The molecule has 3 N–H and O–H groups in total. The largest absolute Gasteiger partial charge is 0.454 e. The Labute approximate surface area is 115 Å². The van der Waals surface area contributed by atoms with Crippen molar-refractivity contribution in [2.24, 2.45) is 5.84 Å². The van der Waals surface area contributed by atoms with Crippen molar-refractivity contribution < 1.29 is 14.2 Å². The van der Waals surface area contributed by atoms with Crippen LogP contribution in [0.3, 0.4) is 0 Å². The molecule has 0 saturated carbocycles. The first kappa shape index (κ1) is 12.5. The summed E-state index contributed by atoms with van der Waals surface area (Å²) < 4.78 is 16.3. The van der Waals surface area contributed by atoms with Gasteiger partial charge in [-0.2, -0.15) is 4.98 Å². The average molecular weight is 274 g/mol. The van der Waals surface area contributed by atoms with Gasteiger partial charge in [-0.15, -0.1) is 0 Å². The lowest BCUT2D eigenvalue weighted by Crippen LogP contribution is -2.12. The van der Waals surface area contributed by atoms with Crippen LogP contribution in [0.2, 0.25) is 0 Å². The Kier molecular flexibility index (Phi) is 3.03. The van der Waals surface area contributed by atoms with E-state index in [0.717, 1.165) is 5.56 Å². The second-order valence-corrected chi connectivity index (χ2v) is 4.31. The van der Waals surface area contributed by atoms with E-state index in [9.17, 15) is 0 Å². The maximum absolute atomic E-state index is 5.78. The third-order valence-electron chi connectivity index (χ3n) is 2.91. The zero-order valence-corrected chi connectivity index (χ0v) is 11.1. The fourth-order valence-corrected chi connectivity index (χ4v) is 1.89. The second-order valence-electron chi connectivity index (χ2n) is 4.31. The molecule has 2 heterocycles. The number of nitrogens with two attached hydrogens (primary N) is 1. The van der Waals surface area contributed by atoms with Gasteiger partial charge >= 0.3 is 0 Å². The maximum Gasteiger partial charge on any atom is 0.231 e. The van der Waals surface area contributed by atoms with Crippen LogP contribution in [0.25, 0.3) is 0 Å².